The van der Waals surface area contributed by atoms with Crippen LogP contribution in [0.25, 0.3) is 0 Å². The number of hydrogen-bond acceptors (Lipinski definition) is 3. The highest BCUT2D eigenvalue weighted by atomic mass is 16.3. The molecule has 1 aromatic heterocycles. The lowest BCUT2D eigenvalue weighted by Gasteiger charge is -2.16. The predicted molar refractivity (Wildman–Crippen MR) is 72.8 cm³/mol. The molecule has 0 aromatic carbocycles. The lowest BCUT2D eigenvalue weighted by Crippen LogP contribution is -2.23. The summed E-state index contributed by atoms with van der Waals surface area (Å²) in [5.41, 5.74) is 2.12. The highest BCUT2D eigenvalue weighted by Gasteiger charge is 2.17. The van der Waals surface area contributed by atoms with Gasteiger partial charge in [0.1, 0.15) is 11.6 Å². The molecular formula is C14H22N2O2. The number of anilines is 1. The zero-order valence-corrected chi connectivity index (χ0v) is 11.8. The first-order valence-electron chi connectivity index (χ1n) is 6.39. The van der Waals surface area contributed by atoms with Gasteiger partial charge in [-0.3, -0.25) is 4.79 Å². The van der Waals surface area contributed by atoms with Gasteiger partial charge < -0.3 is 10.4 Å². The van der Waals surface area contributed by atoms with Crippen LogP contribution in [0.1, 0.15) is 43.5 Å². The van der Waals surface area contributed by atoms with Crippen LogP contribution in [0.4, 0.5) is 5.82 Å². The monoisotopic (exact) mass is 250 g/mol. The van der Waals surface area contributed by atoms with Crippen molar-refractivity contribution in [3.8, 4) is 5.75 Å². The third-order valence-corrected chi connectivity index (χ3v) is 3.49. The lowest BCUT2D eigenvalue weighted by atomic mass is 10.0. The minimum Gasteiger partial charge on any atom is -0.506 e. The van der Waals surface area contributed by atoms with Gasteiger partial charge in [0.2, 0.25) is 5.91 Å². The van der Waals surface area contributed by atoms with Gasteiger partial charge in [-0.1, -0.05) is 13.8 Å². The number of amides is 1. The van der Waals surface area contributed by atoms with E-state index >= 15 is 0 Å². The maximum Gasteiger partial charge on any atom is 0.228 e. The summed E-state index contributed by atoms with van der Waals surface area (Å²) in [6.45, 7) is 9.41. The van der Waals surface area contributed by atoms with Crippen LogP contribution in [0.5, 0.6) is 5.75 Å². The maximum atomic E-state index is 12.0. The van der Waals surface area contributed by atoms with Crippen molar-refractivity contribution < 1.29 is 9.90 Å². The van der Waals surface area contributed by atoms with Crippen molar-refractivity contribution in [1.82, 2.24) is 4.98 Å². The second-order valence-corrected chi connectivity index (χ2v) is 4.65. The van der Waals surface area contributed by atoms with Gasteiger partial charge in [0, 0.05) is 5.92 Å². The summed E-state index contributed by atoms with van der Waals surface area (Å²) in [7, 11) is 0. The quantitative estimate of drug-likeness (QED) is 0.863. The summed E-state index contributed by atoms with van der Waals surface area (Å²) in [4.78, 5) is 16.3. The molecule has 0 saturated heterocycles. The van der Waals surface area contributed by atoms with Crippen molar-refractivity contribution in [2.24, 2.45) is 5.92 Å². The Bertz CT molecular complexity index is 452. The van der Waals surface area contributed by atoms with Crippen molar-refractivity contribution in [2.75, 3.05) is 5.32 Å². The molecular weight excluding hydrogens is 228 g/mol. The number of pyridine rings is 1. The second-order valence-electron chi connectivity index (χ2n) is 4.65. The summed E-state index contributed by atoms with van der Waals surface area (Å²) >= 11 is 0. The number of aromatic hydroxyl groups is 1. The fraction of sp³-hybridized carbons (Fsp3) is 0.571. The predicted octanol–water partition coefficient (Wildman–Crippen LogP) is 3.09. The molecule has 100 valence electrons. The van der Waals surface area contributed by atoms with Crippen LogP contribution in [-0.2, 0) is 4.79 Å². The molecule has 0 atom stereocenters. The number of nitrogens with one attached hydrogen (secondary N) is 1. The number of nitrogens with zero attached hydrogens (tertiary/aromatic N) is 1. The molecule has 1 rings (SSSR count). The Morgan fingerprint density at radius 1 is 1.22 bits per heavy atom. The van der Waals surface area contributed by atoms with Gasteiger partial charge in [0.25, 0.3) is 0 Å². The highest BCUT2D eigenvalue weighted by molar-refractivity contribution is 5.92. The number of hydrogen-bond donors (Lipinski definition) is 2. The summed E-state index contributed by atoms with van der Waals surface area (Å²) in [6.07, 6.45) is 1.63. The number of aromatic nitrogens is 1. The number of rotatable bonds is 4. The van der Waals surface area contributed by atoms with Crippen LogP contribution < -0.4 is 5.32 Å². The molecule has 4 heteroatoms. The highest BCUT2D eigenvalue weighted by Crippen LogP contribution is 2.27. The van der Waals surface area contributed by atoms with Gasteiger partial charge in [-0.15, -0.1) is 0 Å². The van der Waals surface area contributed by atoms with Gasteiger partial charge in [0.15, 0.2) is 0 Å². The first-order valence-corrected chi connectivity index (χ1v) is 6.39. The van der Waals surface area contributed by atoms with Gasteiger partial charge in [0.05, 0.1) is 5.69 Å². The van der Waals surface area contributed by atoms with Crippen molar-refractivity contribution >= 4 is 11.7 Å². The van der Waals surface area contributed by atoms with E-state index in [1.807, 2.05) is 27.7 Å². The average molecular weight is 250 g/mol. The Hall–Kier alpha value is -1.58. The number of carbonyl (C=O) groups is 1. The molecule has 0 unspecified atom stereocenters. The molecule has 2 N–H and O–H groups in total. The first-order chi connectivity index (χ1) is 8.42. The third-order valence-electron chi connectivity index (χ3n) is 3.49. The molecule has 0 fully saturated rings. The lowest BCUT2D eigenvalue weighted by molar-refractivity contribution is -0.120. The SMILES string of the molecule is CCC(CC)C(=O)Nc1nc(C)c(O)c(C)c1C. The fourth-order valence-corrected chi connectivity index (χ4v) is 1.93. The molecule has 18 heavy (non-hydrogen) atoms. The minimum absolute atomic E-state index is 0.0000831. The van der Waals surface area contributed by atoms with Crippen LogP contribution in [0, 0.1) is 26.7 Å². The molecule has 0 bridgehead atoms. The Morgan fingerprint density at radius 3 is 2.28 bits per heavy atom. The van der Waals surface area contributed by atoms with Gasteiger partial charge in [-0.2, -0.15) is 0 Å². The van der Waals surface area contributed by atoms with Gasteiger partial charge in [-0.25, -0.2) is 4.98 Å². The van der Waals surface area contributed by atoms with Crippen molar-refractivity contribution in [3.05, 3.63) is 16.8 Å². The molecule has 1 amide bonds. The van der Waals surface area contributed by atoms with Crippen LogP contribution >= 0.6 is 0 Å². The molecule has 0 aliphatic carbocycles. The van der Waals surface area contributed by atoms with E-state index in [0.717, 1.165) is 24.0 Å². The Morgan fingerprint density at radius 2 is 1.78 bits per heavy atom. The van der Waals surface area contributed by atoms with E-state index in [9.17, 15) is 9.90 Å². The van der Waals surface area contributed by atoms with Crippen LogP contribution in [-0.4, -0.2) is 16.0 Å². The minimum atomic E-state index is 0.0000831. The van der Waals surface area contributed by atoms with Crippen molar-refractivity contribution in [2.45, 2.75) is 47.5 Å². The normalized spacial score (nSPS) is 10.8. The standard InChI is InChI=1S/C14H22N2O2/c1-6-11(7-2)14(18)16-13-9(4)8(3)12(17)10(5)15-13/h11,17H,6-7H2,1-5H3,(H,15,16,18). The van der Waals surface area contributed by atoms with E-state index in [0.29, 0.717) is 11.5 Å². The number of carbonyl (C=O) groups excluding carboxylic acids is 1. The van der Waals surface area contributed by atoms with Crippen LogP contribution in [0.2, 0.25) is 0 Å². The molecule has 0 aliphatic rings. The molecule has 0 radical (unpaired) electrons. The van der Waals surface area contributed by atoms with E-state index in [-0.39, 0.29) is 17.6 Å². The third kappa shape index (κ3) is 2.81. The van der Waals surface area contributed by atoms with E-state index in [1.54, 1.807) is 6.92 Å². The Kier molecular flexibility index (Phi) is 4.70. The topological polar surface area (TPSA) is 62.2 Å². The first kappa shape index (κ1) is 14.5. The molecule has 1 aromatic rings. The molecule has 0 aliphatic heterocycles. The molecule has 4 nitrogen and oxygen atoms in total. The van der Waals surface area contributed by atoms with E-state index in [4.69, 9.17) is 0 Å². The summed E-state index contributed by atoms with van der Waals surface area (Å²) in [5.74, 6) is 0.772. The second kappa shape index (κ2) is 5.85. The van der Waals surface area contributed by atoms with Crippen molar-refractivity contribution in [1.29, 1.82) is 0 Å². The largest absolute Gasteiger partial charge is 0.506 e. The fourth-order valence-electron chi connectivity index (χ4n) is 1.93. The zero-order chi connectivity index (χ0) is 13.9. The smallest absolute Gasteiger partial charge is 0.228 e. The van der Waals surface area contributed by atoms with Crippen molar-refractivity contribution in [3.63, 3.8) is 0 Å². The van der Waals surface area contributed by atoms with Crippen LogP contribution in [0.15, 0.2) is 0 Å². The maximum absolute atomic E-state index is 12.0. The van der Waals surface area contributed by atoms with Gasteiger partial charge >= 0.3 is 0 Å². The summed E-state index contributed by atoms with van der Waals surface area (Å²) in [5, 5.41) is 12.6. The molecule has 0 saturated carbocycles. The number of aryl methyl sites for hydroxylation is 1. The summed E-state index contributed by atoms with van der Waals surface area (Å²) < 4.78 is 0. The van der Waals surface area contributed by atoms with Crippen LogP contribution in [0.3, 0.4) is 0 Å². The van der Waals surface area contributed by atoms with E-state index in [1.165, 1.54) is 0 Å². The summed E-state index contributed by atoms with van der Waals surface area (Å²) in [6, 6.07) is 0. The Balaban J connectivity index is 3.02. The Labute approximate surface area is 108 Å². The molecule has 1 heterocycles. The van der Waals surface area contributed by atoms with E-state index < -0.39 is 0 Å². The molecule has 0 spiro atoms. The average Bonchev–Trinajstić information content (AvgIpc) is 2.35. The zero-order valence-electron chi connectivity index (χ0n) is 11.8. The van der Waals surface area contributed by atoms with Gasteiger partial charge in [-0.05, 0) is 44.7 Å². The van der Waals surface area contributed by atoms with E-state index in [2.05, 4.69) is 10.3 Å².